The summed E-state index contributed by atoms with van der Waals surface area (Å²) < 4.78 is 5.78. The van der Waals surface area contributed by atoms with Crippen LogP contribution in [0.25, 0.3) is 0 Å². The van der Waals surface area contributed by atoms with E-state index >= 15 is 0 Å². The van der Waals surface area contributed by atoms with E-state index in [0.717, 1.165) is 32.4 Å². The fourth-order valence-electron chi connectivity index (χ4n) is 2.53. The summed E-state index contributed by atoms with van der Waals surface area (Å²) >= 11 is 0. The van der Waals surface area contributed by atoms with Gasteiger partial charge in [-0.05, 0) is 38.4 Å². The Labute approximate surface area is 98.0 Å². The van der Waals surface area contributed by atoms with Gasteiger partial charge in [-0.15, -0.1) is 0 Å². The average Bonchev–Trinajstić information content (AvgIpc) is 2.30. The normalized spacial score (nSPS) is 19.6. The van der Waals surface area contributed by atoms with Gasteiger partial charge >= 0.3 is 0 Å². The summed E-state index contributed by atoms with van der Waals surface area (Å²) in [4.78, 5) is 0. The van der Waals surface area contributed by atoms with Gasteiger partial charge in [0.2, 0.25) is 0 Å². The monoisotopic (exact) mass is 219 g/mol. The van der Waals surface area contributed by atoms with E-state index < -0.39 is 0 Å². The van der Waals surface area contributed by atoms with Crippen LogP contribution >= 0.6 is 0 Å². The van der Waals surface area contributed by atoms with Crippen LogP contribution in [0.3, 0.4) is 0 Å². The second-order valence-electron chi connectivity index (χ2n) is 4.80. The first-order valence-electron chi connectivity index (χ1n) is 6.06. The van der Waals surface area contributed by atoms with Crippen LogP contribution in [-0.4, -0.2) is 25.8 Å². The molecule has 1 N–H and O–H groups in total. The molecule has 88 valence electrons. The van der Waals surface area contributed by atoms with Gasteiger partial charge in [-0.25, -0.2) is 0 Å². The Hall–Kier alpha value is -0.860. The van der Waals surface area contributed by atoms with E-state index in [4.69, 9.17) is 4.74 Å². The molecule has 0 radical (unpaired) electrons. The molecule has 16 heavy (non-hydrogen) atoms. The van der Waals surface area contributed by atoms with Gasteiger partial charge in [0.1, 0.15) is 0 Å². The van der Waals surface area contributed by atoms with Crippen LogP contribution in [-0.2, 0) is 11.2 Å². The Balaban J connectivity index is 2.11. The first-order valence-corrected chi connectivity index (χ1v) is 6.06. The van der Waals surface area contributed by atoms with Crippen LogP contribution < -0.4 is 5.32 Å². The third-order valence-corrected chi connectivity index (χ3v) is 3.56. The van der Waals surface area contributed by atoms with Crippen molar-refractivity contribution in [3.63, 3.8) is 0 Å². The van der Waals surface area contributed by atoms with E-state index in [1.54, 1.807) is 0 Å². The summed E-state index contributed by atoms with van der Waals surface area (Å²) in [6, 6.07) is 8.75. The third-order valence-electron chi connectivity index (χ3n) is 3.56. The molecule has 1 aliphatic heterocycles. The summed E-state index contributed by atoms with van der Waals surface area (Å²) in [5, 5.41) is 3.39. The highest BCUT2D eigenvalue weighted by atomic mass is 16.5. The van der Waals surface area contributed by atoms with Crippen molar-refractivity contribution in [1.82, 2.24) is 5.32 Å². The van der Waals surface area contributed by atoms with Crippen LogP contribution in [0.15, 0.2) is 24.3 Å². The molecule has 2 heteroatoms. The van der Waals surface area contributed by atoms with E-state index in [0.29, 0.717) is 0 Å². The quantitative estimate of drug-likeness (QED) is 0.842. The summed E-state index contributed by atoms with van der Waals surface area (Å²) in [6.45, 7) is 4.28. The lowest BCUT2D eigenvalue weighted by atomic mass is 9.85. The molecular weight excluding hydrogens is 198 g/mol. The van der Waals surface area contributed by atoms with Gasteiger partial charge < -0.3 is 10.1 Å². The van der Waals surface area contributed by atoms with Crippen molar-refractivity contribution in [2.75, 3.05) is 20.2 Å². The van der Waals surface area contributed by atoms with Crippen molar-refractivity contribution in [2.45, 2.75) is 31.8 Å². The van der Waals surface area contributed by atoms with E-state index in [9.17, 15) is 0 Å². The molecule has 1 aliphatic rings. The minimum absolute atomic E-state index is 0.0546. The SMILES string of the molecule is COC1(Cc2cccc(C)c2)CCNCC1. The zero-order valence-electron chi connectivity index (χ0n) is 10.3. The molecule has 0 saturated carbocycles. The number of piperidine rings is 1. The molecule has 1 heterocycles. The lowest BCUT2D eigenvalue weighted by molar-refractivity contribution is -0.0333. The first kappa shape index (κ1) is 11.6. The fourth-order valence-corrected chi connectivity index (χ4v) is 2.53. The molecular formula is C14H21NO. The highest BCUT2D eigenvalue weighted by Gasteiger charge is 2.31. The second-order valence-corrected chi connectivity index (χ2v) is 4.80. The van der Waals surface area contributed by atoms with Crippen molar-refractivity contribution < 1.29 is 4.74 Å². The Morgan fingerprint density at radius 1 is 1.31 bits per heavy atom. The Bertz CT molecular complexity index is 342. The van der Waals surface area contributed by atoms with Crippen molar-refractivity contribution in [2.24, 2.45) is 0 Å². The summed E-state index contributed by atoms with van der Waals surface area (Å²) in [5.41, 5.74) is 2.78. The van der Waals surface area contributed by atoms with Gasteiger partial charge in [-0.1, -0.05) is 29.8 Å². The van der Waals surface area contributed by atoms with Gasteiger partial charge in [0.05, 0.1) is 5.60 Å². The third kappa shape index (κ3) is 2.63. The highest BCUT2D eigenvalue weighted by Crippen LogP contribution is 2.27. The van der Waals surface area contributed by atoms with Gasteiger partial charge in [-0.3, -0.25) is 0 Å². The Morgan fingerprint density at radius 2 is 2.06 bits per heavy atom. The molecule has 2 rings (SSSR count). The molecule has 0 unspecified atom stereocenters. The standard InChI is InChI=1S/C14H21NO/c1-12-4-3-5-13(10-12)11-14(16-2)6-8-15-9-7-14/h3-5,10,15H,6-9,11H2,1-2H3. The van der Waals surface area contributed by atoms with E-state index in [2.05, 4.69) is 36.5 Å². The molecule has 1 aromatic carbocycles. The smallest absolute Gasteiger partial charge is 0.0743 e. The number of methoxy groups -OCH3 is 1. The minimum Gasteiger partial charge on any atom is -0.378 e. The maximum atomic E-state index is 5.78. The van der Waals surface area contributed by atoms with E-state index in [-0.39, 0.29) is 5.60 Å². The van der Waals surface area contributed by atoms with Crippen LogP contribution in [0.4, 0.5) is 0 Å². The lowest BCUT2D eigenvalue weighted by Gasteiger charge is -2.36. The van der Waals surface area contributed by atoms with Gasteiger partial charge in [0.25, 0.3) is 0 Å². The van der Waals surface area contributed by atoms with Crippen LogP contribution in [0.2, 0.25) is 0 Å². The van der Waals surface area contributed by atoms with Crippen molar-refractivity contribution in [3.05, 3.63) is 35.4 Å². The van der Waals surface area contributed by atoms with E-state index in [1.807, 2.05) is 7.11 Å². The molecule has 0 aromatic heterocycles. The number of hydrogen-bond acceptors (Lipinski definition) is 2. The predicted octanol–water partition coefficient (Wildman–Crippen LogP) is 2.31. The zero-order valence-corrected chi connectivity index (χ0v) is 10.3. The summed E-state index contributed by atoms with van der Waals surface area (Å²) in [5.74, 6) is 0. The predicted molar refractivity (Wildman–Crippen MR) is 66.7 cm³/mol. The molecule has 1 saturated heterocycles. The largest absolute Gasteiger partial charge is 0.378 e. The lowest BCUT2D eigenvalue weighted by Crippen LogP contribution is -2.44. The molecule has 0 atom stereocenters. The topological polar surface area (TPSA) is 21.3 Å². The number of rotatable bonds is 3. The van der Waals surface area contributed by atoms with Crippen LogP contribution in [0.5, 0.6) is 0 Å². The van der Waals surface area contributed by atoms with Gasteiger partial charge in [0.15, 0.2) is 0 Å². The summed E-state index contributed by atoms with van der Waals surface area (Å²) in [6.07, 6.45) is 3.25. The number of aryl methyl sites for hydroxylation is 1. The number of benzene rings is 1. The molecule has 2 nitrogen and oxygen atoms in total. The Kier molecular flexibility index (Phi) is 3.62. The average molecular weight is 219 g/mol. The van der Waals surface area contributed by atoms with Crippen molar-refractivity contribution in [1.29, 1.82) is 0 Å². The fraction of sp³-hybridized carbons (Fsp3) is 0.571. The first-order chi connectivity index (χ1) is 7.74. The van der Waals surface area contributed by atoms with Crippen molar-refractivity contribution in [3.8, 4) is 0 Å². The second kappa shape index (κ2) is 4.98. The summed E-state index contributed by atoms with van der Waals surface area (Å²) in [7, 11) is 1.85. The molecule has 0 bridgehead atoms. The zero-order chi connectivity index (χ0) is 11.4. The molecule has 1 aromatic rings. The van der Waals surface area contributed by atoms with Crippen LogP contribution in [0, 0.1) is 6.92 Å². The van der Waals surface area contributed by atoms with E-state index in [1.165, 1.54) is 11.1 Å². The number of nitrogens with one attached hydrogen (secondary N) is 1. The minimum atomic E-state index is 0.0546. The van der Waals surface area contributed by atoms with Crippen molar-refractivity contribution >= 4 is 0 Å². The maximum Gasteiger partial charge on any atom is 0.0743 e. The molecule has 1 fully saturated rings. The Morgan fingerprint density at radius 3 is 2.69 bits per heavy atom. The highest BCUT2D eigenvalue weighted by molar-refractivity contribution is 5.24. The molecule has 0 amide bonds. The maximum absolute atomic E-state index is 5.78. The van der Waals surface area contributed by atoms with Crippen LogP contribution in [0.1, 0.15) is 24.0 Å². The van der Waals surface area contributed by atoms with Gasteiger partial charge in [0, 0.05) is 13.5 Å². The number of ether oxygens (including phenoxy) is 1. The van der Waals surface area contributed by atoms with Gasteiger partial charge in [-0.2, -0.15) is 0 Å². The molecule has 0 aliphatic carbocycles. The number of hydrogen-bond donors (Lipinski definition) is 1. The molecule has 0 spiro atoms.